The lowest BCUT2D eigenvalue weighted by Gasteiger charge is -2.15. The average molecular weight is 414 g/mol. The van der Waals surface area contributed by atoms with Gasteiger partial charge in [0.15, 0.2) is 0 Å². The van der Waals surface area contributed by atoms with Crippen LogP contribution < -0.4 is 5.43 Å². The lowest BCUT2D eigenvalue weighted by molar-refractivity contribution is -0.144. The Morgan fingerprint density at radius 1 is 1.19 bits per heavy atom. The van der Waals surface area contributed by atoms with Gasteiger partial charge in [-0.2, -0.15) is 18.3 Å². The first-order chi connectivity index (χ1) is 11.8. The van der Waals surface area contributed by atoms with Gasteiger partial charge in [0.1, 0.15) is 22.1 Å². The van der Waals surface area contributed by atoms with Crippen molar-refractivity contribution < 1.29 is 26.0 Å². The molecule has 0 fully saturated rings. The summed E-state index contributed by atoms with van der Waals surface area (Å²) in [5.74, 6) is -1.10. The molecule has 0 saturated carbocycles. The van der Waals surface area contributed by atoms with E-state index in [-0.39, 0.29) is 6.07 Å². The van der Waals surface area contributed by atoms with Gasteiger partial charge in [0.25, 0.3) is 0 Å². The van der Waals surface area contributed by atoms with E-state index in [1.54, 1.807) is 0 Å². The molecule has 0 atom stereocenters. The highest BCUT2D eigenvalue weighted by molar-refractivity contribution is 7.89. The summed E-state index contributed by atoms with van der Waals surface area (Å²) >= 11 is 5.78. The molecule has 1 heterocycles. The maximum absolute atomic E-state index is 14.2. The number of aryl methyl sites for hydroxylation is 1. The van der Waals surface area contributed by atoms with Crippen LogP contribution in [0.15, 0.2) is 27.9 Å². The molecule has 0 N–H and O–H groups in total. The zero-order valence-electron chi connectivity index (χ0n) is 13.6. The predicted molar refractivity (Wildman–Crippen MR) is 85.8 cm³/mol. The van der Waals surface area contributed by atoms with Gasteiger partial charge in [-0.15, -0.1) is 0 Å². The third-order valence-corrected chi connectivity index (χ3v) is 5.71. The van der Waals surface area contributed by atoms with Crippen molar-refractivity contribution in [2.45, 2.75) is 11.1 Å². The van der Waals surface area contributed by atoms with Crippen LogP contribution in [-0.4, -0.2) is 36.6 Å². The van der Waals surface area contributed by atoms with Gasteiger partial charge < -0.3 is 0 Å². The van der Waals surface area contributed by atoms with Crippen LogP contribution in [0.4, 0.5) is 17.6 Å². The first kappa shape index (κ1) is 20.3. The van der Waals surface area contributed by atoms with Gasteiger partial charge in [0, 0.05) is 32.8 Å². The van der Waals surface area contributed by atoms with Crippen LogP contribution in [-0.2, 0) is 23.2 Å². The van der Waals surface area contributed by atoms with Crippen molar-refractivity contribution in [3.8, 4) is 11.3 Å². The van der Waals surface area contributed by atoms with Gasteiger partial charge in [0.05, 0.1) is 5.02 Å². The smallest absolute Gasteiger partial charge is 0.287 e. The van der Waals surface area contributed by atoms with E-state index in [0.717, 1.165) is 17.4 Å². The van der Waals surface area contributed by atoms with Crippen molar-refractivity contribution in [3.05, 3.63) is 45.0 Å². The van der Waals surface area contributed by atoms with Crippen LogP contribution in [0.5, 0.6) is 0 Å². The van der Waals surface area contributed by atoms with Crippen molar-refractivity contribution in [1.82, 2.24) is 14.1 Å². The molecule has 0 spiro atoms. The molecule has 0 bridgehead atoms. The van der Waals surface area contributed by atoms with E-state index in [0.29, 0.717) is 10.7 Å². The molecule has 2 rings (SSSR count). The fraction of sp³-hybridized carbons (Fsp3) is 0.286. The minimum atomic E-state index is -4.84. The number of hydrogen-bond acceptors (Lipinski definition) is 4. The molecule has 26 heavy (non-hydrogen) atoms. The van der Waals surface area contributed by atoms with Crippen molar-refractivity contribution in [2.75, 3.05) is 14.1 Å². The van der Waals surface area contributed by atoms with E-state index in [2.05, 4.69) is 5.10 Å². The number of hydrogen-bond donors (Lipinski definition) is 0. The number of nitrogens with zero attached hydrogens (tertiary/aromatic N) is 3. The summed E-state index contributed by atoms with van der Waals surface area (Å²) in [6.07, 6.45) is -4.84. The van der Waals surface area contributed by atoms with Crippen LogP contribution in [0, 0.1) is 5.82 Å². The molecule has 142 valence electrons. The molecule has 1 aromatic carbocycles. The molecule has 0 unspecified atom stereocenters. The van der Waals surface area contributed by atoms with Gasteiger partial charge in [-0.05, 0) is 12.1 Å². The van der Waals surface area contributed by atoms with Crippen LogP contribution >= 0.6 is 11.6 Å². The molecule has 0 amide bonds. The van der Waals surface area contributed by atoms with Gasteiger partial charge in [0.2, 0.25) is 15.5 Å². The summed E-state index contributed by atoms with van der Waals surface area (Å²) in [5.41, 5.74) is -3.80. The molecule has 0 aliphatic rings. The van der Waals surface area contributed by atoms with Gasteiger partial charge in [-0.1, -0.05) is 11.6 Å². The Hall–Kier alpha value is -1.98. The third kappa shape index (κ3) is 3.60. The van der Waals surface area contributed by atoms with Gasteiger partial charge in [-0.25, -0.2) is 17.1 Å². The van der Waals surface area contributed by atoms with Crippen LogP contribution in [0.2, 0.25) is 5.02 Å². The summed E-state index contributed by atoms with van der Waals surface area (Å²) in [4.78, 5) is 11.5. The lowest BCUT2D eigenvalue weighted by Crippen LogP contribution is -2.24. The molecular weight excluding hydrogens is 402 g/mol. The van der Waals surface area contributed by atoms with Crippen molar-refractivity contribution in [1.29, 1.82) is 0 Å². The molecule has 0 aliphatic carbocycles. The Morgan fingerprint density at radius 3 is 2.27 bits per heavy atom. The number of sulfonamides is 1. The van der Waals surface area contributed by atoms with E-state index in [1.807, 2.05) is 0 Å². The summed E-state index contributed by atoms with van der Waals surface area (Å²) in [6, 6.07) is 1.69. The first-order valence-electron chi connectivity index (χ1n) is 6.84. The highest BCUT2D eigenvalue weighted by Gasteiger charge is 2.35. The Kier molecular flexibility index (Phi) is 5.19. The Labute approximate surface area is 150 Å². The topological polar surface area (TPSA) is 72.3 Å². The minimum Gasteiger partial charge on any atom is -0.287 e. The van der Waals surface area contributed by atoms with Crippen LogP contribution in [0.25, 0.3) is 11.3 Å². The highest BCUT2D eigenvalue weighted by Crippen LogP contribution is 2.32. The van der Waals surface area contributed by atoms with Crippen molar-refractivity contribution in [2.24, 2.45) is 7.05 Å². The molecule has 0 aliphatic heterocycles. The highest BCUT2D eigenvalue weighted by atomic mass is 35.5. The first-order valence-corrected chi connectivity index (χ1v) is 8.66. The zero-order valence-corrected chi connectivity index (χ0v) is 15.2. The van der Waals surface area contributed by atoms with Crippen molar-refractivity contribution >= 4 is 21.6 Å². The molecule has 0 radical (unpaired) electrons. The second-order valence-corrected chi connectivity index (χ2v) is 7.94. The molecule has 2 aromatic rings. The second-order valence-electron chi connectivity index (χ2n) is 5.41. The Morgan fingerprint density at radius 2 is 1.77 bits per heavy atom. The Bertz CT molecular complexity index is 1030. The second kappa shape index (κ2) is 6.63. The summed E-state index contributed by atoms with van der Waals surface area (Å²) < 4.78 is 78.4. The van der Waals surface area contributed by atoms with Crippen LogP contribution in [0.1, 0.15) is 5.69 Å². The van der Waals surface area contributed by atoms with Gasteiger partial charge >= 0.3 is 6.18 Å². The molecule has 6 nitrogen and oxygen atoms in total. The third-order valence-electron chi connectivity index (χ3n) is 3.43. The summed E-state index contributed by atoms with van der Waals surface area (Å²) in [6.45, 7) is 0. The largest absolute Gasteiger partial charge is 0.433 e. The number of alkyl halides is 3. The minimum absolute atomic E-state index is 0.260. The molecule has 1 aromatic heterocycles. The maximum Gasteiger partial charge on any atom is 0.433 e. The molecular formula is C14H12ClF4N3O3S. The monoisotopic (exact) mass is 413 g/mol. The summed E-state index contributed by atoms with van der Waals surface area (Å²) in [5, 5.41) is 3.02. The predicted octanol–water partition coefficient (Wildman–Crippen LogP) is 2.51. The lowest BCUT2D eigenvalue weighted by atomic mass is 10.1. The van der Waals surface area contributed by atoms with Crippen LogP contribution in [0.3, 0.4) is 0 Å². The van der Waals surface area contributed by atoms with E-state index in [4.69, 9.17) is 11.6 Å². The standard InChI is InChI=1S/C14H12ClF4N3O3S/c1-21(2)26(24,25)11-4-7(9(16)5-8(11)15)13-10(23)6-12(14(17,18)19)22(3)20-13/h4-6H,1-3H3. The zero-order chi connectivity index (χ0) is 20.0. The maximum atomic E-state index is 14.2. The average Bonchev–Trinajstić information content (AvgIpc) is 2.48. The van der Waals surface area contributed by atoms with Gasteiger partial charge in [-0.3, -0.25) is 9.48 Å². The van der Waals surface area contributed by atoms with E-state index >= 15 is 0 Å². The van der Waals surface area contributed by atoms with Crippen molar-refractivity contribution in [3.63, 3.8) is 0 Å². The fourth-order valence-electron chi connectivity index (χ4n) is 2.10. The normalized spacial score (nSPS) is 12.7. The SMILES string of the molecule is CN(C)S(=O)(=O)c1cc(-c2nn(C)c(C(F)(F)F)cc2=O)c(F)cc1Cl. The van der Waals surface area contributed by atoms with E-state index < -0.39 is 54.3 Å². The number of halogens is 5. The molecule has 0 saturated heterocycles. The Balaban J connectivity index is 2.79. The van der Waals surface area contributed by atoms with E-state index in [9.17, 15) is 30.8 Å². The van der Waals surface area contributed by atoms with E-state index in [1.165, 1.54) is 14.1 Å². The molecule has 12 heteroatoms. The summed E-state index contributed by atoms with van der Waals surface area (Å²) in [7, 11) is -0.739. The quantitative estimate of drug-likeness (QED) is 0.725. The number of benzene rings is 1. The fourth-order valence-corrected chi connectivity index (χ4v) is 3.50. The number of aromatic nitrogens is 2. The number of rotatable bonds is 3.